The first kappa shape index (κ1) is 46.5. The van der Waals surface area contributed by atoms with Gasteiger partial charge in [-0.2, -0.15) is 5.26 Å². The molecule has 2 fully saturated rings. The van der Waals surface area contributed by atoms with Crippen LogP contribution < -0.4 is 10.7 Å². The number of likely N-dealkylation sites (tertiary alicyclic amines) is 1. The van der Waals surface area contributed by atoms with E-state index in [1.54, 1.807) is 36.5 Å². The number of hydrogen-bond donors (Lipinski definition) is 3. The largest absolute Gasteiger partial charge is 0.508 e. The van der Waals surface area contributed by atoms with Gasteiger partial charge in [-0.05, 0) is 92.1 Å². The average Bonchev–Trinajstić information content (AvgIpc) is 3.90. The molecule has 0 spiro atoms. The maximum absolute atomic E-state index is 14.7. The van der Waals surface area contributed by atoms with Crippen LogP contribution in [0.15, 0.2) is 73.6 Å². The molecule has 2 aromatic carbocycles. The first-order chi connectivity index (χ1) is 30.8. The summed E-state index contributed by atoms with van der Waals surface area (Å²) in [6.45, 7) is 16.3. The van der Waals surface area contributed by atoms with Gasteiger partial charge in [0.1, 0.15) is 23.9 Å². The summed E-state index contributed by atoms with van der Waals surface area (Å²) in [5.41, 5.74) is 6.80. The summed E-state index contributed by atoms with van der Waals surface area (Å²) in [4.78, 5) is 76.7. The van der Waals surface area contributed by atoms with E-state index in [4.69, 9.17) is 4.74 Å². The number of amides is 4. The first-order valence-electron chi connectivity index (χ1n) is 22.4. The molecule has 3 aliphatic rings. The average molecular weight is 885 g/mol. The van der Waals surface area contributed by atoms with Crippen molar-refractivity contribution in [1.82, 2.24) is 35.1 Å². The number of carbonyl (C=O) groups excluding carboxylic acids is 5. The van der Waals surface area contributed by atoms with Gasteiger partial charge in [-0.25, -0.2) is 5.43 Å². The summed E-state index contributed by atoms with van der Waals surface area (Å²) in [5, 5.41) is 27.1. The van der Waals surface area contributed by atoms with Crippen molar-refractivity contribution >= 4 is 40.5 Å². The smallest absolute Gasteiger partial charge is 0.324 e. The Morgan fingerprint density at radius 2 is 1.86 bits per heavy atom. The molecular formula is C50H60N8O7. The summed E-state index contributed by atoms with van der Waals surface area (Å²) < 4.78 is 8.22. The Hall–Kier alpha value is -6.53. The van der Waals surface area contributed by atoms with E-state index in [0.717, 1.165) is 33.3 Å². The Bertz CT molecular complexity index is 2560. The van der Waals surface area contributed by atoms with Crippen molar-refractivity contribution in [3.63, 3.8) is 0 Å². The number of benzene rings is 2. The number of likely N-dealkylation sites (N-methyl/N-ethyl adjacent to an activating group) is 1. The minimum Gasteiger partial charge on any atom is -0.508 e. The van der Waals surface area contributed by atoms with Crippen LogP contribution in [0.4, 0.5) is 0 Å². The zero-order valence-corrected chi connectivity index (χ0v) is 38.4. The number of nitrogens with one attached hydrogen (secondary N) is 2. The number of hydrogen-bond acceptors (Lipinski definition) is 10. The van der Waals surface area contributed by atoms with Gasteiger partial charge in [0.15, 0.2) is 0 Å². The molecule has 0 aliphatic carbocycles. The van der Waals surface area contributed by atoms with Crippen LogP contribution in [-0.2, 0) is 47.1 Å². The second-order valence-electron chi connectivity index (χ2n) is 19.4. The highest BCUT2D eigenvalue weighted by molar-refractivity contribution is 5.97. The minimum atomic E-state index is -1.19. The number of carbonyl (C=O) groups is 5. The molecule has 6 bridgehead atoms. The summed E-state index contributed by atoms with van der Waals surface area (Å²) in [5.74, 6) is -3.02. The first-order valence-corrected chi connectivity index (χ1v) is 22.4. The van der Waals surface area contributed by atoms with Gasteiger partial charge in [0, 0.05) is 79.5 Å². The molecule has 2 aromatic heterocycles. The Morgan fingerprint density at radius 1 is 1.09 bits per heavy atom. The lowest BCUT2D eigenvalue weighted by Gasteiger charge is -2.37. The van der Waals surface area contributed by atoms with Crippen molar-refractivity contribution in [3.8, 4) is 34.2 Å². The third-order valence-electron chi connectivity index (χ3n) is 12.9. The quantitative estimate of drug-likeness (QED) is 0.151. The zero-order valence-electron chi connectivity index (χ0n) is 38.4. The number of phenols is 1. The van der Waals surface area contributed by atoms with Crippen LogP contribution in [0.2, 0.25) is 0 Å². The van der Waals surface area contributed by atoms with E-state index >= 15 is 0 Å². The van der Waals surface area contributed by atoms with E-state index in [1.807, 2.05) is 77.9 Å². The number of fused-ring (bicyclic) bond motifs is 6. The molecule has 4 atom stereocenters. The number of rotatable bonds is 8. The van der Waals surface area contributed by atoms with E-state index < -0.39 is 52.7 Å². The third-order valence-corrected chi connectivity index (χ3v) is 12.9. The van der Waals surface area contributed by atoms with E-state index in [2.05, 4.69) is 32.9 Å². The Labute approximate surface area is 380 Å². The standard InChI is InChI=1S/C50H60N8O7/c1-9-41(60)56-19-16-34(26-56)46(62)55(8)43(30(2)3)45(61)53-39-22-31-20-35(23-36(59)21-31)32-14-15-37-40(24-32)57(44(33-12-10-17-52-25-33)42(37)50(6,7)27-51)28-49(4,5)29-65-48(64)38-13-11-18-58(54-38)47(39)63/h9-10,12,14-15,17,20-21,23-25,30,34,38-39,43,54,59H,1,11,13,16,18-19,22,26,28-29H2,2-8H3,(H,53,61)/t34-,38-,39-,43-/m0/s1. The normalized spacial score (nSPS) is 20.7. The van der Waals surface area contributed by atoms with Gasteiger partial charge in [0.2, 0.25) is 17.7 Å². The summed E-state index contributed by atoms with van der Waals surface area (Å²) in [6.07, 6.45) is 6.01. The number of pyridine rings is 1. The highest BCUT2D eigenvalue weighted by Crippen LogP contribution is 2.44. The van der Waals surface area contributed by atoms with Crippen molar-refractivity contribution in [2.45, 2.75) is 97.3 Å². The van der Waals surface area contributed by atoms with Gasteiger partial charge in [0.25, 0.3) is 5.91 Å². The lowest BCUT2D eigenvalue weighted by Crippen LogP contribution is -2.62. The lowest BCUT2D eigenvalue weighted by atomic mass is 9.82. The number of aromatic hydroxyl groups is 1. The van der Waals surface area contributed by atoms with E-state index in [0.29, 0.717) is 43.5 Å². The molecule has 0 saturated carbocycles. The molecular weight excluding hydrogens is 825 g/mol. The maximum Gasteiger partial charge on any atom is 0.324 e. The Balaban J connectivity index is 1.32. The van der Waals surface area contributed by atoms with Crippen molar-refractivity contribution < 1.29 is 33.8 Å². The SMILES string of the molecule is C=CC(=O)N1CC[C@H](C(=O)N(C)[C@H](C(=O)N[C@H]2Cc3cc(O)cc(c3)-c3ccc4c(C(C)(C)C#N)c(-c5cccnc5)n(c4c3)CC(C)(C)COC(=O)[C@@H]3CCCN(N3)C2=O)C(C)C)C1. The summed E-state index contributed by atoms with van der Waals surface area (Å²) >= 11 is 0. The molecule has 4 aromatic rings. The van der Waals surface area contributed by atoms with Crippen LogP contribution in [0.3, 0.4) is 0 Å². The number of esters is 1. The highest BCUT2D eigenvalue weighted by atomic mass is 16.5. The van der Waals surface area contributed by atoms with Gasteiger partial charge in [-0.3, -0.25) is 34.0 Å². The monoisotopic (exact) mass is 884 g/mol. The van der Waals surface area contributed by atoms with E-state index in [-0.39, 0.29) is 49.6 Å². The predicted octanol–water partition coefficient (Wildman–Crippen LogP) is 5.50. The molecule has 5 heterocycles. The highest BCUT2D eigenvalue weighted by Gasteiger charge is 2.40. The predicted molar refractivity (Wildman–Crippen MR) is 245 cm³/mol. The van der Waals surface area contributed by atoms with Gasteiger partial charge in [-0.1, -0.05) is 52.5 Å². The van der Waals surface area contributed by atoms with Crippen LogP contribution in [-0.4, -0.2) is 110 Å². The van der Waals surface area contributed by atoms with Crippen molar-refractivity contribution in [2.24, 2.45) is 17.3 Å². The molecule has 4 amide bonds. The van der Waals surface area contributed by atoms with Crippen LogP contribution in [0.5, 0.6) is 5.75 Å². The third kappa shape index (κ3) is 9.64. The van der Waals surface area contributed by atoms with E-state index in [1.165, 1.54) is 16.0 Å². The Morgan fingerprint density at radius 3 is 2.55 bits per heavy atom. The number of nitriles is 1. The van der Waals surface area contributed by atoms with Gasteiger partial charge in [-0.15, -0.1) is 0 Å². The fourth-order valence-electron chi connectivity index (χ4n) is 9.62. The molecule has 65 heavy (non-hydrogen) atoms. The molecule has 0 radical (unpaired) electrons. The molecule has 7 rings (SSSR count). The zero-order chi connectivity index (χ0) is 47.0. The van der Waals surface area contributed by atoms with Crippen LogP contribution >= 0.6 is 0 Å². The van der Waals surface area contributed by atoms with Crippen molar-refractivity contribution in [3.05, 3.63) is 84.7 Å². The lowest BCUT2D eigenvalue weighted by molar-refractivity contribution is -0.155. The van der Waals surface area contributed by atoms with Crippen LogP contribution in [0.1, 0.15) is 71.9 Å². The fraction of sp³-hybridized carbons (Fsp3) is 0.460. The second kappa shape index (κ2) is 18.5. The number of hydrazine groups is 1. The van der Waals surface area contributed by atoms with Gasteiger partial charge >= 0.3 is 5.97 Å². The summed E-state index contributed by atoms with van der Waals surface area (Å²) in [6, 6.07) is 14.4. The fourth-order valence-corrected chi connectivity index (χ4v) is 9.62. The topological polar surface area (TPSA) is 190 Å². The second-order valence-corrected chi connectivity index (χ2v) is 19.4. The van der Waals surface area contributed by atoms with E-state index in [9.17, 15) is 34.3 Å². The maximum atomic E-state index is 14.7. The molecule has 342 valence electrons. The molecule has 0 unspecified atom stereocenters. The van der Waals surface area contributed by atoms with Crippen molar-refractivity contribution in [2.75, 3.05) is 33.3 Å². The number of ether oxygens (including phenoxy) is 1. The van der Waals surface area contributed by atoms with Gasteiger partial charge < -0.3 is 29.5 Å². The number of aromatic nitrogens is 2. The number of cyclic esters (lactones) is 1. The van der Waals surface area contributed by atoms with Crippen LogP contribution in [0, 0.1) is 28.6 Å². The molecule has 3 N–H and O–H groups in total. The number of phenolic OH excluding ortho intramolecular Hbond substituents is 1. The van der Waals surface area contributed by atoms with Crippen molar-refractivity contribution in [1.29, 1.82) is 5.26 Å². The molecule has 15 nitrogen and oxygen atoms in total. The molecule has 2 saturated heterocycles. The minimum absolute atomic E-state index is 0.0402. The molecule has 3 aliphatic heterocycles. The van der Waals surface area contributed by atoms with Gasteiger partial charge in [0.05, 0.1) is 29.7 Å². The molecule has 15 heteroatoms. The Kier molecular flexibility index (Phi) is 13.2. The number of nitrogens with zero attached hydrogens (tertiary/aromatic N) is 6. The van der Waals surface area contributed by atoms with Crippen LogP contribution in [0.25, 0.3) is 33.3 Å². The summed E-state index contributed by atoms with van der Waals surface area (Å²) in [7, 11) is 1.57.